The van der Waals surface area contributed by atoms with Crippen molar-refractivity contribution in [1.82, 2.24) is 29.9 Å². The largest absolute Gasteiger partial charge is 0.329 e. The van der Waals surface area contributed by atoms with Crippen LogP contribution in [0.5, 0.6) is 0 Å². The first-order valence-electron chi connectivity index (χ1n) is 8.43. The van der Waals surface area contributed by atoms with Crippen LogP contribution in [0.2, 0.25) is 0 Å². The molecule has 1 aliphatic heterocycles. The maximum absolute atomic E-state index is 14.4. The summed E-state index contributed by atoms with van der Waals surface area (Å²) >= 11 is 0. The fraction of sp³-hybridized carbons (Fsp3) is 0.278. The van der Waals surface area contributed by atoms with Crippen molar-refractivity contribution < 1.29 is 13.6 Å². The van der Waals surface area contributed by atoms with Gasteiger partial charge in [-0.2, -0.15) is 4.68 Å². The Hall–Kier alpha value is -3.23. The lowest BCUT2D eigenvalue weighted by molar-refractivity contribution is 0.0648. The molecule has 2 aromatic heterocycles. The van der Waals surface area contributed by atoms with Gasteiger partial charge >= 0.3 is 0 Å². The van der Waals surface area contributed by atoms with Crippen LogP contribution >= 0.6 is 0 Å². The summed E-state index contributed by atoms with van der Waals surface area (Å²) < 4.78 is 28.9. The lowest BCUT2D eigenvalue weighted by Gasteiger charge is -2.33. The molecule has 0 radical (unpaired) electrons. The van der Waals surface area contributed by atoms with E-state index in [9.17, 15) is 13.6 Å². The van der Waals surface area contributed by atoms with Gasteiger partial charge in [0.25, 0.3) is 11.9 Å². The van der Waals surface area contributed by atoms with E-state index in [1.807, 2.05) is 6.92 Å². The molecule has 0 aliphatic carbocycles. The van der Waals surface area contributed by atoms with Gasteiger partial charge in [-0.1, -0.05) is 17.3 Å². The summed E-state index contributed by atoms with van der Waals surface area (Å²) in [6, 6.07) is 4.56. The lowest BCUT2D eigenvalue weighted by atomic mass is 10.0. The number of aryl methyl sites for hydroxylation is 1. The van der Waals surface area contributed by atoms with Crippen LogP contribution in [-0.4, -0.2) is 41.8 Å². The first-order valence-corrected chi connectivity index (χ1v) is 8.43. The van der Waals surface area contributed by atoms with Crippen molar-refractivity contribution in [3.63, 3.8) is 0 Å². The van der Waals surface area contributed by atoms with Gasteiger partial charge in [0.05, 0.1) is 30.2 Å². The normalized spacial score (nSPS) is 16.3. The molecule has 138 valence electrons. The Morgan fingerprint density at radius 3 is 2.70 bits per heavy atom. The summed E-state index contributed by atoms with van der Waals surface area (Å²) in [7, 11) is 0. The summed E-state index contributed by atoms with van der Waals surface area (Å²) in [6.45, 7) is 3.69. The van der Waals surface area contributed by atoms with Crippen LogP contribution in [0, 0.1) is 18.6 Å². The van der Waals surface area contributed by atoms with Crippen LogP contribution in [0.1, 0.15) is 34.2 Å². The van der Waals surface area contributed by atoms with E-state index in [2.05, 4.69) is 20.3 Å². The van der Waals surface area contributed by atoms with E-state index in [0.29, 0.717) is 17.7 Å². The van der Waals surface area contributed by atoms with Crippen molar-refractivity contribution >= 4 is 5.91 Å². The fourth-order valence-electron chi connectivity index (χ4n) is 3.18. The number of nitrogens with zero attached hydrogens (tertiary/aromatic N) is 6. The Bertz CT molecular complexity index is 1020. The van der Waals surface area contributed by atoms with Crippen LogP contribution in [0.15, 0.2) is 30.6 Å². The van der Waals surface area contributed by atoms with E-state index >= 15 is 0 Å². The summed E-state index contributed by atoms with van der Waals surface area (Å²) in [4.78, 5) is 22.3. The first kappa shape index (κ1) is 17.2. The van der Waals surface area contributed by atoms with Gasteiger partial charge in [-0.3, -0.25) is 4.79 Å². The maximum atomic E-state index is 14.4. The number of aromatic nitrogens is 5. The third-order valence-electron chi connectivity index (χ3n) is 4.66. The number of hydrogen-bond donors (Lipinski definition) is 0. The van der Waals surface area contributed by atoms with Gasteiger partial charge in [0, 0.05) is 12.5 Å². The molecule has 0 bridgehead atoms. The molecule has 27 heavy (non-hydrogen) atoms. The number of rotatable bonds is 2. The lowest BCUT2D eigenvalue weighted by Crippen LogP contribution is -2.43. The minimum absolute atomic E-state index is 0.0413. The SMILES string of the molecule is Cc1cccc(C(=O)N2Cc3nnn(-c4ncc(F)cn4)c3C[C@H]2C)c1F. The zero-order valence-electron chi connectivity index (χ0n) is 14.7. The Balaban J connectivity index is 1.65. The average Bonchev–Trinajstić information content (AvgIpc) is 3.06. The molecule has 3 heterocycles. The van der Waals surface area contributed by atoms with Gasteiger partial charge in [0.1, 0.15) is 11.5 Å². The third-order valence-corrected chi connectivity index (χ3v) is 4.66. The smallest absolute Gasteiger partial charge is 0.257 e. The van der Waals surface area contributed by atoms with Crippen LogP contribution in [-0.2, 0) is 13.0 Å². The van der Waals surface area contributed by atoms with E-state index in [1.165, 1.54) is 10.7 Å². The molecule has 7 nitrogen and oxygen atoms in total. The number of amides is 1. The molecule has 0 unspecified atom stereocenters. The van der Waals surface area contributed by atoms with Gasteiger partial charge in [0.2, 0.25) is 0 Å². The standard InChI is InChI=1S/C18H16F2N6O/c1-10-4-3-5-13(16(10)20)17(27)25-9-14-15(6-11(25)2)26(24-23-14)18-21-7-12(19)8-22-18/h3-5,7-8,11H,6,9H2,1-2H3/t11-/m1/s1. The van der Waals surface area contributed by atoms with Crippen molar-refractivity contribution in [2.45, 2.75) is 32.9 Å². The minimum Gasteiger partial charge on any atom is -0.329 e. The molecule has 0 saturated carbocycles. The fourth-order valence-corrected chi connectivity index (χ4v) is 3.18. The predicted octanol–water partition coefficient (Wildman–Crippen LogP) is 2.23. The maximum Gasteiger partial charge on any atom is 0.257 e. The van der Waals surface area contributed by atoms with Crippen LogP contribution in [0.4, 0.5) is 8.78 Å². The summed E-state index contributed by atoms with van der Waals surface area (Å²) in [6.07, 6.45) is 2.56. The first-order chi connectivity index (χ1) is 13.0. The van der Waals surface area contributed by atoms with Crippen LogP contribution in [0.25, 0.3) is 5.95 Å². The molecule has 0 saturated heterocycles. The highest BCUT2D eigenvalue weighted by atomic mass is 19.1. The molecule has 0 fully saturated rings. The van der Waals surface area contributed by atoms with Gasteiger partial charge in [-0.25, -0.2) is 18.7 Å². The second-order valence-electron chi connectivity index (χ2n) is 6.52. The monoisotopic (exact) mass is 370 g/mol. The Morgan fingerprint density at radius 2 is 1.96 bits per heavy atom. The number of halogens is 2. The quantitative estimate of drug-likeness (QED) is 0.691. The Morgan fingerprint density at radius 1 is 1.22 bits per heavy atom. The Kier molecular flexibility index (Phi) is 4.14. The van der Waals surface area contributed by atoms with E-state index in [0.717, 1.165) is 18.1 Å². The minimum atomic E-state index is -0.543. The summed E-state index contributed by atoms with van der Waals surface area (Å²) in [5.74, 6) is -1.23. The third kappa shape index (κ3) is 2.94. The van der Waals surface area contributed by atoms with E-state index in [4.69, 9.17) is 0 Å². The number of hydrogen-bond acceptors (Lipinski definition) is 5. The van der Waals surface area contributed by atoms with Crippen molar-refractivity contribution in [2.24, 2.45) is 0 Å². The van der Waals surface area contributed by atoms with Gasteiger partial charge in [0.15, 0.2) is 5.82 Å². The number of carbonyl (C=O) groups excluding carboxylic acids is 1. The van der Waals surface area contributed by atoms with Crippen molar-refractivity contribution in [3.8, 4) is 5.95 Å². The molecular formula is C18H16F2N6O. The highest BCUT2D eigenvalue weighted by molar-refractivity contribution is 5.95. The van der Waals surface area contributed by atoms with Crippen molar-refractivity contribution in [2.75, 3.05) is 0 Å². The zero-order chi connectivity index (χ0) is 19.1. The number of benzene rings is 1. The molecule has 1 atom stereocenters. The molecule has 1 amide bonds. The zero-order valence-corrected chi connectivity index (χ0v) is 14.7. The highest BCUT2D eigenvalue weighted by Crippen LogP contribution is 2.25. The Labute approximate surface area is 153 Å². The average molecular weight is 370 g/mol. The van der Waals surface area contributed by atoms with Crippen LogP contribution < -0.4 is 0 Å². The van der Waals surface area contributed by atoms with Gasteiger partial charge in [-0.05, 0) is 25.5 Å². The molecule has 1 aliphatic rings. The molecular weight excluding hydrogens is 354 g/mol. The predicted molar refractivity (Wildman–Crippen MR) is 91.1 cm³/mol. The highest BCUT2D eigenvalue weighted by Gasteiger charge is 2.33. The van der Waals surface area contributed by atoms with Gasteiger partial charge < -0.3 is 4.90 Å². The molecule has 4 rings (SSSR count). The van der Waals surface area contributed by atoms with E-state index in [1.54, 1.807) is 24.0 Å². The molecule has 9 heteroatoms. The van der Waals surface area contributed by atoms with E-state index in [-0.39, 0.29) is 30.0 Å². The second-order valence-corrected chi connectivity index (χ2v) is 6.52. The number of carbonyl (C=O) groups is 1. The molecule has 1 aromatic carbocycles. The second kappa shape index (κ2) is 6.49. The van der Waals surface area contributed by atoms with Crippen LogP contribution in [0.3, 0.4) is 0 Å². The van der Waals surface area contributed by atoms with Crippen molar-refractivity contribution in [3.05, 3.63) is 64.7 Å². The van der Waals surface area contributed by atoms with Gasteiger partial charge in [-0.15, -0.1) is 5.10 Å². The van der Waals surface area contributed by atoms with E-state index < -0.39 is 11.6 Å². The molecule has 0 spiro atoms. The summed E-state index contributed by atoms with van der Waals surface area (Å²) in [5.41, 5.74) is 1.80. The molecule has 3 aromatic rings. The summed E-state index contributed by atoms with van der Waals surface area (Å²) in [5, 5.41) is 8.15. The van der Waals surface area contributed by atoms with Crippen molar-refractivity contribution in [1.29, 1.82) is 0 Å². The number of fused-ring (bicyclic) bond motifs is 1. The molecule has 0 N–H and O–H groups in total. The topological polar surface area (TPSA) is 76.8 Å².